The van der Waals surface area contributed by atoms with E-state index in [-0.39, 0.29) is 25.8 Å². The van der Waals surface area contributed by atoms with Crippen molar-refractivity contribution >= 4 is 25.8 Å². The van der Waals surface area contributed by atoms with Gasteiger partial charge in [-0.3, -0.25) is 0 Å². The summed E-state index contributed by atoms with van der Waals surface area (Å²) in [4.78, 5) is 0. The molecule has 0 spiro atoms. The van der Waals surface area contributed by atoms with Gasteiger partial charge in [-0.25, -0.2) is 0 Å². The normalized spacial score (nSPS) is 2.00. The van der Waals surface area contributed by atoms with Gasteiger partial charge in [0.15, 0.2) is 0 Å². The van der Waals surface area contributed by atoms with Crippen LogP contribution in [0.1, 0.15) is 0 Å². The maximum absolute atomic E-state index is 8.39. The van der Waals surface area contributed by atoms with Crippen molar-refractivity contribution in [3.8, 4) is 0 Å². The van der Waals surface area contributed by atoms with Gasteiger partial charge in [0, 0.05) is 0 Å². The molecular formula is O2PbW. The third kappa shape index (κ3) is 10.7. The van der Waals surface area contributed by atoms with Crippen LogP contribution in [0.4, 0.5) is 0 Å². The van der Waals surface area contributed by atoms with Crippen LogP contribution in [-0.4, -0.2) is 25.8 Å². The van der Waals surface area contributed by atoms with E-state index in [1.165, 1.54) is 0 Å². The van der Waals surface area contributed by atoms with Crippen LogP contribution in [0.15, 0.2) is 0 Å². The SMILES string of the molecule is [O]=[Pb].[O]=[W]. The minimum absolute atomic E-state index is 0.0556. The molecule has 2 nitrogen and oxygen atoms in total. The molecule has 0 saturated carbocycles. The fourth-order valence-electron chi connectivity index (χ4n) is 0. The van der Waals surface area contributed by atoms with Gasteiger partial charge in [-0.15, -0.1) is 0 Å². The molecule has 0 atom stereocenters. The van der Waals surface area contributed by atoms with Crippen molar-refractivity contribution in [2.24, 2.45) is 0 Å². The predicted molar refractivity (Wildman–Crippen MR) is 7.13 cm³/mol. The molecule has 0 unspecified atom stereocenters. The van der Waals surface area contributed by atoms with Crippen LogP contribution in [-0.2, 0) is 25.9 Å². The Labute approximate surface area is 51.3 Å². The van der Waals surface area contributed by atoms with Gasteiger partial charge in [0.1, 0.15) is 0 Å². The molecular weight excluding hydrogens is 423 g/mol. The van der Waals surface area contributed by atoms with Crippen LogP contribution in [0, 0.1) is 0 Å². The molecule has 0 aromatic carbocycles. The van der Waals surface area contributed by atoms with Crippen LogP contribution in [0.5, 0.6) is 0 Å². The van der Waals surface area contributed by atoms with E-state index in [9.17, 15) is 0 Å². The Morgan fingerprint density at radius 2 is 1.25 bits per heavy atom. The molecule has 4 heteroatoms. The number of hydrogen-bond donors (Lipinski definition) is 0. The van der Waals surface area contributed by atoms with Gasteiger partial charge < -0.3 is 0 Å². The average molecular weight is 423 g/mol. The second-order valence-electron chi connectivity index (χ2n) is 0. The molecule has 0 aliphatic carbocycles. The van der Waals surface area contributed by atoms with Gasteiger partial charge in [-0.05, 0) is 0 Å². The Morgan fingerprint density at radius 1 is 1.25 bits per heavy atom. The Bertz CT molecular complexity index is 8.00. The average Bonchev–Trinajstić information content (AvgIpc) is 1.50. The first kappa shape index (κ1) is 8.96. The zero-order chi connectivity index (χ0) is 4.00. The van der Waals surface area contributed by atoms with Crippen molar-refractivity contribution in [1.82, 2.24) is 0 Å². The van der Waals surface area contributed by atoms with Gasteiger partial charge in [-0.1, -0.05) is 0 Å². The summed E-state index contributed by atoms with van der Waals surface area (Å²) in [7, 11) is 0. The summed E-state index contributed by atoms with van der Waals surface area (Å²) < 4.78 is 16.7. The van der Waals surface area contributed by atoms with E-state index in [2.05, 4.69) is 0 Å². The third-order valence-corrected chi connectivity index (χ3v) is 0. The van der Waals surface area contributed by atoms with E-state index in [1.54, 1.807) is 0 Å². The molecule has 0 N–H and O–H groups in total. The zero-order valence-corrected chi connectivity index (χ0v) is 8.55. The molecule has 0 aromatic rings. The van der Waals surface area contributed by atoms with E-state index in [0.717, 1.165) is 0 Å². The summed E-state index contributed by atoms with van der Waals surface area (Å²) in [6.45, 7) is 0. The Morgan fingerprint density at radius 3 is 1.25 bits per heavy atom. The quantitative estimate of drug-likeness (QED) is 0.487. The summed E-state index contributed by atoms with van der Waals surface area (Å²) in [6.07, 6.45) is 0. The van der Waals surface area contributed by atoms with Crippen LogP contribution < -0.4 is 0 Å². The van der Waals surface area contributed by atoms with Crippen LogP contribution in [0.25, 0.3) is 0 Å². The molecule has 0 amide bonds. The van der Waals surface area contributed by atoms with Gasteiger partial charge in [0.25, 0.3) is 0 Å². The molecule has 0 fully saturated rings. The van der Waals surface area contributed by atoms with Gasteiger partial charge in [0.05, 0.1) is 0 Å². The molecule has 22 valence electrons. The Balaban J connectivity index is 0. The van der Waals surface area contributed by atoms with Gasteiger partial charge >= 0.3 is 51.6 Å². The molecule has 0 saturated heterocycles. The van der Waals surface area contributed by atoms with Crippen molar-refractivity contribution in [1.29, 1.82) is 0 Å². The molecule has 0 heterocycles. The fraction of sp³-hybridized carbons (Fsp3) is 0. The monoisotopic (exact) mass is 424 g/mol. The minimum atomic E-state index is 0.0556. The second-order valence-corrected chi connectivity index (χ2v) is 0. The second kappa shape index (κ2) is 29.6. The van der Waals surface area contributed by atoms with Crippen LogP contribution >= 0.6 is 0 Å². The first-order valence-electron chi connectivity index (χ1n) is 0.371. The van der Waals surface area contributed by atoms with E-state index >= 15 is 0 Å². The molecule has 0 aromatic heterocycles. The van der Waals surface area contributed by atoms with E-state index in [4.69, 9.17) is 6.08 Å². The topological polar surface area (TPSA) is 34.1 Å². The molecule has 0 bridgehead atoms. The predicted octanol–water partition coefficient (Wildman–Crippen LogP) is -0.621. The number of rotatable bonds is 0. The standard InChI is InChI=1S/2O.Pb.W. The van der Waals surface area contributed by atoms with Crippen molar-refractivity contribution in [2.45, 2.75) is 0 Å². The van der Waals surface area contributed by atoms with E-state index in [0.29, 0.717) is 19.8 Å². The van der Waals surface area contributed by atoms with Crippen LogP contribution in [0.3, 0.4) is 0 Å². The molecule has 0 aliphatic rings. The zero-order valence-electron chi connectivity index (χ0n) is 1.72. The van der Waals surface area contributed by atoms with Crippen molar-refractivity contribution in [2.75, 3.05) is 0 Å². The van der Waals surface area contributed by atoms with Crippen molar-refractivity contribution in [3.63, 3.8) is 0 Å². The Kier molecular flexibility index (Phi) is 66.4. The van der Waals surface area contributed by atoms with Crippen LogP contribution in [0.2, 0.25) is 0 Å². The molecule has 4 heavy (non-hydrogen) atoms. The first-order chi connectivity index (χ1) is 2.00. The van der Waals surface area contributed by atoms with E-state index < -0.39 is 0 Å². The molecule has 2 radical (unpaired) electrons. The first-order valence-corrected chi connectivity index (χ1v) is 3.16. The Hall–Kier alpha value is 1.21. The molecule has 0 aliphatic heterocycles. The summed E-state index contributed by atoms with van der Waals surface area (Å²) in [6, 6.07) is 0. The third-order valence-electron chi connectivity index (χ3n) is 0. The summed E-state index contributed by atoms with van der Waals surface area (Å²) in [5.74, 6) is 0. The van der Waals surface area contributed by atoms with E-state index in [1.807, 2.05) is 0 Å². The van der Waals surface area contributed by atoms with Crippen molar-refractivity contribution < 1.29 is 25.9 Å². The van der Waals surface area contributed by atoms with Gasteiger partial charge in [-0.2, -0.15) is 0 Å². The number of hydrogen-bond acceptors (Lipinski definition) is 2. The van der Waals surface area contributed by atoms with Crippen molar-refractivity contribution in [3.05, 3.63) is 0 Å². The summed E-state index contributed by atoms with van der Waals surface area (Å²) >= 11 is 0.389. The maximum atomic E-state index is 8.39. The van der Waals surface area contributed by atoms with Gasteiger partial charge in [0.2, 0.25) is 0 Å². The fourth-order valence-corrected chi connectivity index (χ4v) is 0. The summed E-state index contributed by atoms with van der Waals surface area (Å²) in [5.41, 5.74) is 0. The summed E-state index contributed by atoms with van der Waals surface area (Å²) in [5, 5.41) is 0. The molecule has 0 rings (SSSR count).